The van der Waals surface area contributed by atoms with Gasteiger partial charge in [-0.05, 0) is 17.7 Å². The largest absolute Gasteiger partial charge is 0.218 e. The summed E-state index contributed by atoms with van der Waals surface area (Å²) >= 11 is 3.21. The van der Waals surface area contributed by atoms with Gasteiger partial charge in [-0.2, -0.15) is 0 Å². The van der Waals surface area contributed by atoms with Gasteiger partial charge in [-0.15, -0.1) is 11.8 Å². The molecule has 0 saturated carbocycles. The zero-order valence-electron chi connectivity index (χ0n) is 4.55. The number of hydrogen-bond donors (Lipinski definition) is 0. The second-order valence-electron chi connectivity index (χ2n) is 0.849. The van der Waals surface area contributed by atoms with Crippen molar-refractivity contribution in [2.45, 2.75) is 6.92 Å². The summed E-state index contributed by atoms with van der Waals surface area (Å²) < 4.78 is 3.92. The Morgan fingerprint density at radius 3 is 2.86 bits per heavy atom. The first-order chi connectivity index (χ1) is 3.41. The van der Waals surface area contributed by atoms with Gasteiger partial charge in [-0.25, -0.2) is 4.40 Å². The van der Waals surface area contributed by atoms with E-state index < -0.39 is 0 Å². The van der Waals surface area contributed by atoms with Gasteiger partial charge in [-0.3, -0.25) is 0 Å². The average molecular weight is 135 g/mol. The van der Waals surface area contributed by atoms with E-state index in [2.05, 4.69) is 11.3 Å². The molecule has 0 bridgehead atoms. The lowest BCUT2D eigenvalue weighted by atomic mass is 11.0. The second-order valence-corrected chi connectivity index (χ2v) is 2.55. The highest BCUT2D eigenvalue weighted by Crippen LogP contribution is 1.97. The molecule has 0 aromatic carbocycles. The van der Waals surface area contributed by atoms with Crippen molar-refractivity contribution in [1.82, 2.24) is 0 Å². The van der Waals surface area contributed by atoms with E-state index >= 15 is 0 Å². The van der Waals surface area contributed by atoms with Crippen LogP contribution >= 0.6 is 23.7 Å². The summed E-state index contributed by atoms with van der Waals surface area (Å²) in [6.07, 6.45) is 1.95. The van der Waals surface area contributed by atoms with Gasteiger partial charge in [0.05, 0.1) is 5.55 Å². The minimum Gasteiger partial charge on any atom is -0.218 e. The van der Waals surface area contributed by atoms with E-state index in [0.717, 1.165) is 5.75 Å². The van der Waals surface area contributed by atoms with E-state index in [1.165, 1.54) is 11.9 Å². The molecule has 3 heteroatoms. The van der Waals surface area contributed by atoms with Gasteiger partial charge < -0.3 is 0 Å². The third-order valence-corrected chi connectivity index (χ3v) is 1.43. The molecule has 0 saturated heterocycles. The van der Waals surface area contributed by atoms with Crippen LogP contribution in [0.2, 0.25) is 0 Å². The van der Waals surface area contributed by atoms with Crippen molar-refractivity contribution >= 4 is 29.3 Å². The van der Waals surface area contributed by atoms with Gasteiger partial charge in [0.25, 0.3) is 0 Å². The zero-order chi connectivity index (χ0) is 5.54. The summed E-state index contributed by atoms with van der Waals surface area (Å²) in [5.74, 6) is 1.12. The quantitative estimate of drug-likeness (QED) is 0.333. The highest BCUT2D eigenvalue weighted by Gasteiger charge is 1.69. The van der Waals surface area contributed by atoms with E-state index in [9.17, 15) is 0 Å². The predicted octanol–water partition coefficient (Wildman–Crippen LogP) is 2.05. The maximum Gasteiger partial charge on any atom is 0.0680 e. The molecule has 0 spiro atoms. The third kappa shape index (κ3) is 6.37. The highest BCUT2D eigenvalue weighted by molar-refractivity contribution is 8.12. The Morgan fingerprint density at radius 1 is 1.71 bits per heavy atom. The molecule has 0 N–H and O–H groups in total. The minimum absolute atomic E-state index is 1.12. The molecule has 7 heavy (non-hydrogen) atoms. The summed E-state index contributed by atoms with van der Waals surface area (Å²) in [6, 6.07) is 0. The lowest BCUT2D eigenvalue weighted by Gasteiger charge is -1.79. The Balaban J connectivity index is 2.78. The molecule has 42 valence electrons. The molecule has 0 atom stereocenters. The molecule has 0 aromatic rings. The standard InChI is InChI=1S/C4H9NS2/c1-3-7-4-5-6-2/h4H,3H2,1-2H3. The molecule has 0 aliphatic rings. The van der Waals surface area contributed by atoms with Crippen molar-refractivity contribution in [1.29, 1.82) is 0 Å². The van der Waals surface area contributed by atoms with Gasteiger partial charge in [0.1, 0.15) is 0 Å². The van der Waals surface area contributed by atoms with Crippen LogP contribution in [0, 0.1) is 0 Å². The second kappa shape index (κ2) is 6.37. The summed E-state index contributed by atoms with van der Waals surface area (Å²) in [6.45, 7) is 2.11. The lowest BCUT2D eigenvalue weighted by Crippen LogP contribution is -1.62. The molecular formula is C4H9NS2. The fourth-order valence-corrected chi connectivity index (χ4v) is 0.885. The molecule has 0 heterocycles. The summed E-state index contributed by atoms with van der Waals surface area (Å²) in [5.41, 5.74) is 1.87. The lowest BCUT2D eigenvalue weighted by molar-refractivity contribution is 1.54. The number of rotatable bonds is 3. The van der Waals surface area contributed by atoms with Gasteiger partial charge in [-0.1, -0.05) is 6.92 Å². The van der Waals surface area contributed by atoms with Crippen molar-refractivity contribution in [3.63, 3.8) is 0 Å². The van der Waals surface area contributed by atoms with Crippen molar-refractivity contribution in [3.05, 3.63) is 0 Å². The first-order valence-corrected chi connectivity index (χ1v) is 4.31. The maximum atomic E-state index is 3.92. The van der Waals surface area contributed by atoms with Crippen molar-refractivity contribution in [2.75, 3.05) is 12.0 Å². The molecular weight excluding hydrogens is 126 g/mol. The minimum atomic E-state index is 1.12. The normalized spacial score (nSPS) is 10.6. The van der Waals surface area contributed by atoms with Crippen molar-refractivity contribution < 1.29 is 0 Å². The third-order valence-electron chi connectivity index (χ3n) is 0.390. The van der Waals surface area contributed by atoms with Crippen LogP contribution < -0.4 is 0 Å². The molecule has 0 aliphatic carbocycles. The Bertz CT molecular complexity index is 53.7. The van der Waals surface area contributed by atoms with Gasteiger partial charge >= 0.3 is 0 Å². The van der Waals surface area contributed by atoms with E-state index in [4.69, 9.17) is 0 Å². The van der Waals surface area contributed by atoms with Crippen LogP contribution in [-0.2, 0) is 0 Å². The number of hydrogen-bond acceptors (Lipinski definition) is 3. The molecule has 0 radical (unpaired) electrons. The zero-order valence-corrected chi connectivity index (χ0v) is 6.18. The highest BCUT2D eigenvalue weighted by atomic mass is 32.2. The van der Waals surface area contributed by atoms with Crippen LogP contribution in [0.15, 0.2) is 4.40 Å². The summed E-state index contributed by atoms with van der Waals surface area (Å²) in [7, 11) is 0. The van der Waals surface area contributed by atoms with Crippen LogP contribution in [0.1, 0.15) is 6.92 Å². The Labute approximate surface area is 53.1 Å². The van der Waals surface area contributed by atoms with E-state index in [-0.39, 0.29) is 0 Å². The van der Waals surface area contributed by atoms with Crippen LogP contribution in [0.4, 0.5) is 0 Å². The first-order valence-electron chi connectivity index (χ1n) is 2.08. The fraction of sp³-hybridized carbons (Fsp3) is 0.750. The molecule has 1 nitrogen and oxygen atoms in total. The molecule has 0 aromatic heterocycles. The van der Waals surface area contributed by atoms with Crippen LogP contribution in [-0.4, -0.2) is 17.6 Å². The van der Waals surface area contributed by atoms with Gasteiger partial charge in [0, 0.05) is 6.26 Å². The van der Waals surface area contributed by atoms with E-state index in [1.54, 1.807) is 11.8 Å². The maximum absolute atomic E-state index is 3.92. The molecule has 0 rings (SSSR count). The monoisotopic (exact) mass is 135 g/mol. The first kappa shape index (κ1) is 7.37. The SMILES string of the molecule is CCSC=NSC. The molecule has 0 unspecified atom stereocenters. The van der Waals surface area contributed by atoms with Crippen molar-refractivity contribution in [3.8, 4) is 0 Å². The van der Waals surface area contributed by atoms with Crippen molar-refractivity contribution in [2.24, 2.45) is 4.40 Å². The Morgan fingerprint density at radius 2 is 2.43 bits per heavy atom. The summed E-state index contributed by atoms with van der Waals surface area (Å²) in [4.78, 5) is 0. The van der Waals surface area contributed by atoms with E-state index in [0.29, 0.717) is 0 Å². The Hall–Kier alpha value is 0.370. The van der Waals surface area contributed by atoms with Crippen LogP contribution in [0.5, 0.6) is 0 Å². The number of thioether (sulfide) groups is 1. The summed E-state index contributed by atoms with van der Waals surface area (Å²) in [5, 5.41) is 0. The van der Waals surface area contributed by atoms with Gasteiger partial charge in [0.2, 0.25) is 0 Å². The van der Waals surface area contributed by atoms with Crippen LogP contribution in [0.25, 0.3) is 0 Å². The smallest absolute Gasteiger partial charge is 0.0680 e. The van der Waals surface area contributed by atoms with E-state index in [1.807, 2.05) is 11.8 Å². The topological polar surface area (TPSA) is 12.4 Å². The average Bonchev–Trinajstić information content (AvgIpc) is 1.69. The van der Waals surface area contributed by atoms with Crippen LogP contribution in [0.3, 0.4) is 0 Å². The molecule has 0 aliphatic heterocycles. The van der Waals surface area contributed by atoms with Gasteiger partial charge in [0.15, 0.2) is 0 Å². The predicted molar refractivity (Wildman–Crippen MR) is 40.1 cm³/mol. The molecule has 0 fully saturated rings. The number of nitrogens with zero attached hydrogens (tertiary/aromatic N) is 1. The fourth-order valence-electron chi connectivity index (χ4n) is 0.148. The Kier molecular flexibility index (Phi) is 6.71. The molecule has 0 amide bonds.